The number of allylic oxidation sites excluding steroid dienone is 2. The second-order valence-electron chi connectivity index (χ2n) is 7.11. The molecule has 0 aromatic heterocycles. The Labute approximate surface area is 170 Å². The van der Waals surface area contributed by atoms with Crippen LogP contribution in [0.4, 0.5) is 0 Å². The Balaban J connectivity index is 0.000000845. The van der Waals surface area contributed by atoms with Gasteiger partial charge in [-0.15, -0.1) is 0 Å². The van der Waals surface area contributed by atoms with Gasteiger partial charge in [-0.3, -0.25) is 0 Å². The minimum atomic E-state index is -2.07. The van der Waals surface area contributed by atoms with E-state index < -0.39 is 36.5 Å². The maximum Gasteiger partial charge on any atom is -1.00 e. The number of fused-ring (bicyclic) bond motifs is 6. The fourth-order valence-corrected chi connectivity index (χ4v) is 26.5. The molecule has 0 bridgehead atoms. The Hall–Kier alpha value is -0.0740. The smallest absolute Gasteiger partial charge is 1.00 e. The summed E-state index contributed by atoms with van der Waals surface area (Å²) < 4.78 is 5.46. The average Bonchev–Trinajstić information content (AvgIpc) is 3.08. The molecule has 0 N–H and O–H groups in total. The van der Waals surface area contributed by atoms with Crippen LogP contribution in [0.1, 0.15) is 29.5 Å². The third-order valence-corrected chi connectivity index (χ3v) is 21.2. The van der Waals surface area contributed by atoms with Crippen molar-refractivity contribution in [3.63, 3.8) is 0 Å². The molecule has 0 nitrogen and oxygen atoms in total. The summed E-state index contributed by atoms with van der Waals surface area (Å²) in [4.78, 5) is 0. The molecule has 24 heavy (non-hydrogen) atoms. The van der Waals surface area contributed by atoms with Gasteiger partial charge in [0.25, 0.3) is 0 Å². The van der Waals surface area contributed by atoms with Crippen molar-refractivity contribution in [1.82, 2.24) is 0 Å². The van der Waals surface area contributed by atoms with Crippen LogP contribution in [0, 0.1) is 0 Å². The predicted molar refractivity (Wildman–Crippen MR) is 91.8 cm³/mol. The molecule has 1 saturated heterocycles. The van der Waals surface area contributed by atoms with Gasteiger partial charge in [0.1, 0.15) is 0 Å². The van der Waals surface area contributed by atoms with Crippen molar-refractivity contribution in [3.8, 4) is 0 Å². The second kappa shape index (κ2) is 6.58. The Kier molecular flexibility index (Phi) is 5.13. The quantitative estimate of drug-likeness (QED) is 0.421. The van der Waals surface area contributed by atoms with E-state index in [4.69, 9.17) is 0 Å². The van der Waals surface area contributed by atoms with Crippen molar-refractivity contribution < 1.29 is 48.0 Å². The zero-order chi connectivity index (χ0) is 14.9. The molecular formula is C20H18Cl2GeZr. The van der Waals surface area contributed by atoms with Gasteiger partial charge in [-0.1, -0.05) is 0 Å². The first-order valence-corrected chi connectivity index (χ1v) is 17.2. The van der Waals surface area contributed by atoms with Crippen molar-refractivity contribution in [2.45, 2.75) is 18.8 Å². The summed E-state index contributed by atoms with van der Waals surface area (Å²) in [5.74, 6) is 5.27. The molecule has 0 spiro atoms. The van der Waals surface area contributed by atoms with Gasteiger partial charge in [-0.2, -0.15) is 0 Å². The average molecular weight is 493 g/mol. The molecule has 1 aliphatic heterocycles. The van der Waals surface area contributed by atoms with E-state index in [1.54, 1.807) is 11.1 Å². The van der Waals surface area contributed by atoms with Crippen molar-refractivity contribution in [2.75, 3.05) is 0 Å². The van der Waals surface area contributed by atoms with E-state index in [0.717, 1.165) is 7.25 Å². The molecule has 2 unspecified atom stereocenters. The SMILES string of the molecule is [CH3][Ge]1([CH3])[C]2=Cc3ccccc3[CH]2[Zr+2][CH]2[C]1=Cc1ccccc12.[Cl-].[Cl-]. The molecule has 2 aliphatic carbocycles. The topological polar surface area (TPSA) is 0 Å². The van der Waals surface area contributed by atoms with Gasteiger partial charge < -0.3 is 24.8 Å². The van der Waals surface area contributed by atoms with Gasteiger partial charge in [-0.05, 0) is 0 Å². The van der Waals surface area contributed by atoms with Crippen molar-refractivity contribution >= 4 is 25.4 Å². The summed E-state index contributed by atoms with van der Waals surface area (Å²) in [6, 6.07) is 18.3. The van der Waals surface area contributed by atoms with Gasteiger partial charge in [-0.25, -0.2) is 0 Å². The van der Waals surface area contributed by atoms with Crippen molar-refractivity contribution in [2.24, 2.45) is 0 Å². The summed E-state index contributed by atoms with van der Waals surface area (Å²) in [7, 11) is 0. The maximum atomic E-state index is 2.63. The van der Waals surface area contributed by atoms with Crippen LogP contribution in [0.25, 0.3) is 12.2 Å². The molecule has 3 aliphatic rings. The Bertz CT molecular complexity index is 800. The number of hydrogen-bond donors (Lipinski definition) is 0. The molecule has 1 heterocycles. The molecule has 1 fully saturated rings. The van der Waals surface area contributed by atoms with Crippen LogP contribution in [0.5, 0.6) is 0 Å². The molecule has 2 aromatic rings. The van der Waals surface area contributed by atoms with Gasteiger partial charge >= 0.3 is 147 Å². The van der Waals surface area contributed by atoms with Crippen LogP contribution >= 0.6 is 0 Å². The summed E-state index contributed by atoms with van der Waals surface area (Å²) in [5.41, 5.74) is 6.37. The van der Waals surface area contributed by atoms with Gasteiger partial charge in [0, 0.05) is 0 Å². The zero-order valence-corrected chi connectivity index (χ0v) is 19.8. The number of halogens is 2. The minimum absolute atomic E-state index is 0. The van der Waals surface area contributed by atoms with E-state index in [1.165, 1.54) is 11.1 Å². The fourth-order valence-electron chi connectivity index (χ4n) is 4.42. The summed E-state index contributed by atoms with van der Waals surface area (Å²) in [6.45, 7) is 0. The first-order chi connectivity index (χ1) is 10.7. The molecule has 0 radical (unpaired) electrons. The maximum absolute atomic E-state index is 2.63. The molecule has 120 valence electrons. The molecule has 5 rings (SSSR count). The van der Waals surface area contributed by atoms with E-state index in [1.807, 2.05) is 8.81 Å². The van der Waals surface area contributed by atoms with E-state index in [9.17, 15) is 0 Å². The van der Waals surface area contributed by atoms with E-state index in [0.29, 0.717) is 0 Å². The van der Waals surface area contributed by atoms with Crippen LogP contribution in [0.2, 0.25) is 11.5 Å². The van der Waals surface area contributed by atoms with E-state index >= 15 is 0 Å². The summed E-state index contributed by atoms with van der Waals surface area (Å²) >= 11 is -2.61. The summed E-state index contributed by atoms with van der Waals surface area (Å²) in [6.07, 6.45) is 5.17. The van der Waals surface area contributed by atoms with Crippen molar-refractivity contribution in [1.29, 1.82) is 0 Å². The van der Waals surface area contributed by atoms with Crippen LogP contribution in [0.15, 0.2) is 57.3 Å². The minimum Gasteiger partial charge on any atom is -1.00 e. The molecule has 2 aromatic carbocycles. The Morgan fingerprint density at radius 2 is 1.12 bits per heavy atom. The largest absolute Gasteiger partial charge is 1.00 e. The van der Waals surface area contributed by atoms with Gasteiger partial charge in [0.05, 0.1) is 0 Å². The van der Waals surface area contributed by atoms with Crippen LogP contribution in [-0.4, -0.2) is 13.3 Å². The number of hydrogen-bond acceptors (Lipinski definition) is 0. The predicted octanol–water partition coefficient (Wildman–Crippen LogP) is -0.846. The van der Waals surface area contributed by atoms with Crippen molar-refractivity contribution in [3.05, 3.63) is 79.6 Å². The van der Waals surface area contributed by atoms with E-state index in [2.05, 4.69) is 72.2 Å². The number of rotatable bonds is 0. The third-order valence-electron chi connectivity index (χ3n) is 5.63. The molecule has 0 amide bonds. The fraction of sp³-hybridized carbons (Fsp3) is 0.200. The standard InChI is InChI=1S/C20H18Ge.2ClH.Zr/c1-21(2,19-11-15-7-3-4-8-16(15)12-19)20-13-17-9-5-6-10-18(17)14-20;;;/h3-14H,1-2H3;2*1H;/q;;;+2/p-2. The van der Waals surface area contributed by atoms with E-state index in [-0.39, 0.29) is 24.8 Å². The van der Waals surface area contributed by atoms with Crippen LogP contribution < -0.4 is 24.8 Å². The van der Waals surface area contributed by atoms with Crippen LogP contribution in [0.3, 0.4) is 0 Å². The molecule has 0 saturated carbocycles. The van der Waals surface area contributed by atoms with Crippen LogP contribution in [-0.2, 0) is 23.2 Å². The zero-order valence-electron chi connectivity index (χ0n) is 13.7. The molecule has 2 atom stereocenters. The molecular weight excluding hydrogens is 475 g/mol. The first kappa shape index (κ1) is 18.7. The summed E-state index contributed by atoms with van der Waals surface area (Å²) in [5, 5.41) is 0. The third kappa shape index (κ3) is 2.50. The number of benzene rings is 2. The molecule has 4 heteroatoms. The van der Waals surface area contributed by atoms with Gasteiger partial charge in [0.15, 0.2) is 0 Å². The Morgan fingerprint density at radius 1 is 0.708 bits per heavy atom. The van der Waals surface area contributed by atoms with Gasteiger partial charge in [0.2, 0.25) is 0 Å². The first-order valence-electron chi connectivity index (χ1n) is 8.04. The second-order valence-corrected chi connectivity index (χ2v) is 20.0. The monoisotopic (exact) mass is 492 g/mol. The normalized spacial score (nSPS) is 23.6. The Morgan fingerprint density at radius 3 is 1.58 bits per heavy atom.